The molecule has 0 bridgehead atoms. The van der Waals surface area contributed by atoms with E-state index in [2.05, 4.69) is 11.6 Å². The van der Waals surface area contributed by atoms with Crippen LogP contribution in [0, 0.1) is 19.5 Å². The fourth-order valence-corrected chi connectivity index (χ4v) is 2.72. The van der Waals surface area contributed by atoms with Gasteiger partial charge in [0.15, 0.2) is 0 Å². The van der Waals surface area contributed by atoms with E-state index < -0.39 is 10.7 Å². The molecule has 0 aliphatic heterocycles. The summed E-state index contributed by atoms with van der Waals surface area (Å²) in [4.78, 5) is 10.4. The number of unbranched alkanes of at least 4 members (excludes halogenated alkanes) is 3. The van der Waals surface area contributed by atoms with Gasteiger partial charge in [0.25, 0.3) is 5.69 Å². The van der Waals surface area contributed by atoms with Gasteiger partial charge in [0.2, 0.25) is 0 Å². The van der Waals surface area contributed by atoms with Gasteiger partial charge < -0.3 is 5.32 Å². The van der Waals surface area contributed by atoms with Gasteiger partial charge in [0.1, 0.15) is 11.5 Å². The second kappa shape index (κ2) is 9.38. The van der Waals surface area contributed by atoms with Gasteiger partial charge in [0, 0.05) is 18.7 Å². The number of nitrogens with one attached hydrogen (secondary N) is 1. The monoisotopic (exact) mass is 412 g/mol. The molecule has 112 valence electrons. The predicted molar refractivity (Wildman–Crippen MR) is 91.1 cm³/mol. The lowest BCUT2D eigenvalue weighted by Crippen LogP contribution is -2.05. The van der Waals surface area contributed by atoms with Gasteiger partial charge in [-0.1, -0.05) is 12.8 Å². The minimum Gasteiger partial charge on any atom is -0.379 e. The molecule has 1 N–H and O–H groups in total. The largest absolute Gasteiger partial charge is 0.379 e. The molecular formula is C13H18FIN2O2S. The molecule has 20 heavy (non-hydrogen) atoms. The average Bonchev–Trinajstić information content (AvgIpc) is 2.41. The van der Waals surface area contributed by atoms with E-state index in [1.807, 2.05) is 11.8 Å². The highest BCUT2D eigenvalue weighted by Gasteiger charge is 2.16. The van der Waals surface area contributed by atoms with Crippen molar-refractivity contribution in [3.8, 4) is 0 Å². The summed E-state index contributed by atoms with van der Waals surface area (Å²) in [5.74, 6) is 0.736. The maximum absolute atomic E-state index is 13.5. The van der Waals surface area contributed by atoms with E-state index in [4.69, 9.17) is 0 Å². The van der Waals surface area contributed by atoms with Crippen molar-refractivity contribution in [2.45, 2.75) is 25.7 Å². The van der Waals surface area contributed by atoms with Crippen molar-refractivity contribution in [2.75, 3.05) is 23.9 Å². The number of hydrogen-bond donors (Lipinski definition) is 1. The second-order valence-electron chi connectivity index (χ2n) is 4.37. The van der Waals surface area contributed by atoms with Crippen molar-refractivity contribution in [1.29, 1.82) is 0 Å². The Morgan fingerprint density at radius 2 is 2.05 bits per heavy atom. The Bertz CT molecular complexity index is 460. The van der Waals surface area contributed by atoms with Gasteiger partial charge in [-0.05, 0) is 47.4 Å². The van der Waals surface area contributed by atoms with Crippen molar-refractivity contribution in [2.24, 2.45) is 0 Å². The molecule has 0 amide bonds. The third-order valence-electron chi connectivity index (χ3n) is 2.83. The summed E-state index contributed by atoms with van der Waals surface area (Å²) in [5, 5.41) is 13.9. The van der Waals surface area contributed by atoms with Gasteiger partial charge in [0.05, 0.1) is 8.49 Å². The first-order valence-electron chi connectivity index (χ1n) is 6.42. The molecule has 0 radical (unpaired) electrons. The van der Waals surface area contributed by atoms with Crippen LogP contribution in [0.15, 0.2) is 12.1 Å². The number of hydrogen-bond acceptors (Lipinski definition) is 4. The van der Waals surface area contributed by atoms with Crippen LogP contribution in [-0.4, -0.2) is 23.5 Å². The summed E-state index contributed by atoms with van der Waals surface area (Å²) < 4.78 is 13.7. The molecule has 7 heteroatoms. The summed E-state index contributed by atoms with van der Waals surface area (Å²) >= 11 is 3.59. The van der Waals surface area contributed by atoms with Gasteiger partial charge in [-0.3, -0.25) is 10.1 Å². The fourth-order valence-electron chi connectivity index (χ4n) is 1.78. The van der Waals surface area contributed by atoms with Crippen molar-refractivity contribution < 1.29 is 9.31 Å². The summed E-state index contributed by atoms with van der Waals surface area (Å²) in [6.07, 6.45) is 6.45. The number of nitrogens with zero attached hydrogens (tertiary/aromatic N) is 1. The molecule has 1 rings (SSSR count). The Hall–Kier alpha value is -0.570. The number of rotatable bonds is 9. The Morgan fingerprint density at radius 1 is 1.35 bits per heavy atom. The molecule has 0 aromatic heterocycles. The van der Waals surface area contributed by atoms with Crippen LogP contribution in [-0.2, 0) is 0 Å². The third kappa shape index (κ3) is 5.82. The van der Waals surface area contributed by atoms with Crippen molar-refractivity contribution >= 4 is 45.7 Å². The summed E-state index contributed by atoms with van der Waals surface area (Å²) in [5.41, 5.74) is 0.190. The zero-order chi connectivity index (χ0) is 15.0. The number of halogens is 2. The lowest BCUT2D eigenvalue weighted by Gasteiger charge is -2.08. The molecule has 0 aliphatic rings. The van der Waals surface area contributed by atoms with E-state index >= 15 is 0 Å². The molecule has 0 unspecified atom stereocenters. The van der Waals surface area contributed by atoms with Crippen LogP contribution in [0.5, 0.6) is 0 Å². The minimum atomic E-state index is -0.484. The quantitative estimate of drug-likeness (QED) is 0.277. The van der Waals surface area contributed by atoms with Crippen molar-refractivity contribution in [3.63, 3.8) is 0 Å². The smallest absolute Gasteiger partial charge is 0.293 e. The molecule has 1 aromatic carbocycles. The van der Waals surface area contributed by atoms with Gasteiger partial charge >= 0.3 is 0 Å². The number of thioether (sulfide) groups is 1. The molecule has 0 heterocycles. The van der Waals surface area contributed by atoms with E-state index in [1.54, 1.807) is 22.6 Å². The molecule has 0 atom stereocenters. The minimum absolute atomic E-state index is 0.0711. The molecule has 4 nitrogen and oxygen atoms in total. The van der Waals surface area contributed by atoms with Crippen LogP contribution in [0.2, 0.25) is 0 Å². The van der Waals surface area contributed by atoms with Crippen LogP contribution < -0.4 is 5.32 Å². The molecule has 0 spiro atoms. The fraction of sp³-hybridized carbons (Fsp3) is 0.538. The highest BCUT2D eigenvalue weighted by atomic mass is 127. The number of benzene rings is 1. The summed E-state index contributed by atoms with van der Waals surface area (Å²) in [6, 6.07) is 2.46. The number of anilines is 1. The second-order valence-corrected chi connectivity index (χ2v) is 6.52. The predicted octanol–water partition coefficient (Wildman–Crippen LogP) is 4.67. The maximum atomic E-state index is 13.5. The zero-order valence-corrected chi connectivity index (χ0v) is 14.3. The number of nitro benzene ring substituents is 1. The topological polar surface area (TPSA) is 55.2 Å². The van der Waals surface area contributed by atoms with Crippen LogP contribution in [0.25, 0.3) is 0 Å². The van der Waals surface area contributed by atoms with Crippen molar-refractivity contribution in [3.05, 3.63) is 31.6 Å². The van der Waals surface area contributed by atoms with E-state index in [0.717, 1.165) is 19.3 Å². The van der Waals surface area contributed by atoms with E-state index in [-0.39, 0.29) is 14.9 Å². The van der Waals surface area contributed by atoms with Crippen LogP contribution in [0.1, 0.15) is 25.7 Å². The standard InChI is InChI=1S/C13H18FIN2O2S/c1-20-7-5-3-2-4-6-16-12-8-10(14)11(15)9-13(12)17(18)19/h8-9,16H,2-7H2,1H3. The highest BCUT2D eigenvalue weighted by Crippen LogP contribution is 2.28. The normalized spacial score (nSPS) is 10.6. The first-order valence-corrected chi connectivity index (χ1v) is 8.89. The number of nitro groups is 1. The Morgan fingerprint density at radius 3 is 2.70 bits per heavy atom. The highest BCUT2D eigenvalue weighted by molar-refractivity contribution is 14.1. The van der Waals surface area contributed by atoms with Crippen molar-refractivity contribution in [1.82, 2.24) is 0 Å². The SMILES string of the molecule is CSCCCCCCNc1cc(F)c(I)cc1[N+](=O)[O-]. The van der Waals surface area contributed by atoms with Crippen LogP contribution in [0.3, 0.4) is 0 Å². The lowest BCUT2D eigenvalue weighted by atomic mass is 10.2. The molecule has 0 saturated carbocycles. The molecule has 0 fully saturated rings. The van der Waals surface area contributed by atoms with Crippen LogP contribution >= 0.6 is 34.4 Å². The first kappa shape index (κ1) is 17.5. The Labute approximate surface area is 136 Å². The average molecular weight is 412 g/mol. The van der Waals surface area contributed by atoms with Gasteiger partial charge in [-0.15, -0.1) is 0 Å². The third-order valence-corrected chi connectivity index (χ3v) is 4.35. The van der Waals surface area contributed by atoms with E-state index in [1.165, 1.54) is 24.3 Å². The van der Waals surface area contributed by atoms with Gasteiger partial charge in [-0.2, -0.15) is 11.8 Å². The van der Waals surface area contributed by atoms with E-state index in [9.17, 15) is 14.5 Å². The Balaban J connectivity index is 2.47. The molecular weight excluding hydrogens is 394 g/mol. The zero-order valence-electron chi connectivity index (χ0n) is 11.3. The molecule has 0 aliphatic carbocycles. The molecule has 1 aromatic rings. The summed E-state index contributed by atoms with van der Waals surface area (Å²) in [6.45, 7) is 0.625. The van der Waals surface area contributed by atoms with Gasteiger partial charge in [-0.25, -0.2) is 4.39 Å². The maximum Gasteiger partial charge on any atom is 0.293 e. The summed E-state index contributed by atoms with van der Waals surface area (Å²) in [7, 11) is 0. The Kier molecular flexibility index (Phi) is 8.20. The van der Waals surface area contributed by atoms with E-state index in [0.29, 0.717) is 6.54 Å². The lowest BCUT2D eigenvalue weighted by molar-refractivity contribution is -0.384. The molecule has 0 saturated heterocycles. The first-order chi connectivity index (χ1) is 9.56. The van der Waals surface area contributed by atoms with Crippen LogP contribution in [0.4, 0.5) is 15.8 Å².